The predicted molar refractivity (Wildman–Crippen MR) is 82.5 cm³/mol. The van der Waals surface area contributed by atoms with Crippen molar-refractivity contribution in [2.24, 2.45) is 0 Å². The third kappa shape index (κ3) is 4.05. The van der Waals surface area contributed by atoms with E-state index in [1.54, 1.807) is 30.1 Å². The highest BCUT2D eigenvalue weighted by Gasteiger charge is 2.11. The first-order valence-corrected chi connectivity index (χ1v) is 6.89. The number of benzene rings is 1. The monoisotopic (exact) mass is 299 g/mol. The van der Waals surface area contributed by atoms with Crippen LogP contribution in [0.2, 0.25) is 0 Å². The van der Waals surface area contributed by atoms with Crippen LogP contribution in [0.15, 0.2) is 48.8 Å². The van der Waals surface area contributed by atoms with Gasteiger partial charge in [-0.1, -0.05) is 18.2 Å². The topological polar surface area (TPSA) is 75.4 Å². The molecule has 114 valence electrons. The average Bonchev–Trinajstić information content (AvgIpc) is 3.00. The maximum Gasteiger partial charge on any atom is 0.323 e. The molecule has 1 aromatic carbocycles. The van der Waals surface area contributed by atoms with E-state index >= 15 is 0 Å². The van der Waals surface area contributed by atoms with E-state index in [1.807, 2.05) is 30.3 Å². The zero-order chi connectivity index (χ0) is 15.9. The number of carbonyl (C=O) groups excluding carboxylic acids is 1. The van der Waals surface area contributed by atoms with E-state index < -0.39 is 5.97 Å². The van der Waals surface area contributed by atoms with Crippen LogP contribution in [0, 0.1) is 0 Å². The van der Waals surface area contributed by atoms with Crippen LogP contribution in [0.3, 0.4) is 0 Å². The van der Waals surface area contributed by atoms with Gasteiger partial charge in [-0.05, 0) is 25.1 Å². The minimum absolute atomic E-state index is 0.303. The Morgan fingerprint density at radius 1 is 1.32 bits per heavy atom. The zero-order valence-corrected chi connectivity index (χ0v) is 12.2. The average molecular weight is 299 g/mol. The maximum absolute atomic E-state index is 11.9. The molecular weight excluding hydrogens is 282 g/mol. The molecule has 2 rings (SSSR count). The fourth-order valence-electron chi connectivity index (χ4n) is 1.93. The molecule has 0 aliphatic rings. The van der Waals surface area contributed by atoms with Gasteiger partial charge in [-0.25, -0.2) is 4.68 Å². The molecular formula is C16H17N3O3. The smallest absolute Gasteiger partial charge is 0.323 e. The summed E-state index contributed by atoms with van der Waals surface area (Å²) in [6, 6.07) is 9.62. The molecule has 22 heavy (non-hydrogen) atoms. The van der Waals surface area contributed by atoms with Crippen molar-refractivity contribution in [2.75, 3.05) is 13.1 Å². The number of likely N-dealkylation sites (N-methyl/N-ethyl adjacent to an activating group) is 1. The molecule has 0 aliphatic heterocycles. The van der Waals surface area contributed by atoms with Gasteiger partial charge in [-0.15, -0.1) is 0 Å². The highest BCUT2D eigenvalue weighted by atomic mass is 16.4. The Morgan fingerprint density at radius 2 is 2.05 bits per heavy atom. The number of para-hydroxylation sites is 1. The van der Waals surface area contributed by atoms with Gasteiger partial charge in [-0.3, -0.25) is 9.59 Å². The molecule has 0 unspecified atom stereocenters. The minimum atomic E-state index is -1.03. The van der Waals surface area contributed by atoms with Gasteiger partial charge in [0.1, 0.15) is 6.54 Å². The summed E-state index contributed by atoms with van der Waals surface area (Å²) in [6.07, 6.45) is 6.43. The summed E-state index contributed by atoms with van der Waals surface area (Å²) in [6.45, 7) is 1.78. The van der Waals surface area contributed by atoms with E-state index in [2.05, 4.69) is 5.10 Å². The number of hydrogen-bond acceptors (Lipinski definition) is 3. The number of amides is 1. The largest absolute Gasteiger partial charge is 0.480 e. The lowest BCUT2D eigenvalue weighted by atomic mass is 10.3. The Balaban J connectivity index is 2.06. The third-order valence-corrected chi connectivity index (χ3v) is 3.06. The molecule has 2 aromatic rings. The molecule has 6 heteroatoms. The van der Waals surface area contributed by atoms with Crippen molar-refractivity contribution in [2.45, 2.75) is 6.92 Å². The number of carboxylic acid groups (broad SMARTS) is 1. The van der Waals surface area contributed by atoms with Crippen molar-refractivity contribution in [3.63, 3.8) is 0 Å². The first-order valence-electron chi connectivity index (χ1n) is 6.89. The van der Waals surface area contributed by atoms with Gasteiger partial charge in [0.15, 0.2) is 0 Å². The molecule has 1 heterocycles. The second-order valence-electron chi connectivity index (χ2n) is 4.63. The number of aromatic nitrogens is 2. The molecule has 1 amide bonds. The lowest BCUT2D eigenvalue weighted by Gasteiger charge is -2.15. The molecule has 0 fully saturated rings. The molecule has 0 spiro atoms. The van der Waals surface area contributed by atoms with Crippen molar-refractivity contribution in [1.82, 2.24) is 14.7 Å². The second-order valence-corrected chi connectivity index (χ2v) is 4.63. The normalized spacial score (nSPS) is 10.8. The molecule has 1 N–H and O–H groups in total. The van der Waals surface area contributed by atoms with E-state index in [0.717, 1.165) is 11.3 Å². The van der Waals surface area contributed by atoms with E-state index in [0.29, 0.717) is 6.54 Å². The first kappa shape index (κ1) is 15.5. The number of aliphatic carboxylic acids is 1. The summed E-state index contributed by atoms with van der Waals surface area (Å²) in [5.74, 6) is -1.36. The summed E-state index contributed by atoms with van der Waals surface area (Å²) in [5.41, 5.74) is 1.69. The van der Waals surface area contributed by atoms with Crippen molar-refractivity contribution in [3.8, 4) is 5.69 Å². The summed E-state index contributed by atoms with van der Waals surface area (Å²) in [4.78, 5) is 23.8. The maximum atomic E-state index is 11.9. The lowest BCUT2D eigenvalue weighted by Crippen LogP contribution is -2.34. The van der Waals surface area contributed by atoms with Crippen LogP contribution in [0.25, 0.3) is 11.8 Å². The SMILES string of the molecule is CCN(CC(=O)O)C(=O)C=Cc1cnn(-c2ccccc2)c1. The summed E-state index contributed by atoms with van der Waals surface area (Å²) >= 11 is 0. The molecule has 0 saturated heterocycles. The number of carbonyl (C=O) groups is 2. The zero-order valence-electron chi connectivity index (χ0n) is 12.2. The van der Waals surface area contributed by atoms with E-state index in [9.17, 15) is 9.59 Å². The van der Waals surface area contributed by atoms with E-state index in [-0.39, 0.29) is 12.5 Å². The Hall–Kier alpha value is -2.89. The summed E-state index contributed by atoms with van der Waals surface area (Å²) < 4.78 is 1.71. The summed E-state index contributed by atoms with van der Waals surface area (Å²) in [7, 11) is 0. The van der Waals surface area contributed by atoms with Crippen molar-refractivity contribution in [1.29, 1.82) is 0 Å². The fourth-order valence-corrected chi connectivity index (χ4v) is 1.93. The third-order valence-electron chi connectivity index (χ3n) is 3.06. The molecule has 0 radical (unpaired) electrons. The highest BCUT2D eigenvalue weighted by molar-refractivity contribution is 5.93. The first-order chi connectivity index (χ1) is 10.6. The predicted octanol–water partition coefficient (Wildman–Crippen LogP) is 1.82. The molecule has 0 aliphatic carbocycles. The van der Waals surface area contributed by atoms with Crippen molar-refractivity contribution in [3.05, 3.63) is 54.4 Å². The molecule has 0 bridgehead atoms. The van der Waals surface area contributed by atoms with Crippen LogP contribution in [-0.2, 0) is 9.59 Å². The Bertz CT molecular complexity index is 677. The van der Waals surface area contributed by atoms with Crippen molar-refractivity contribution >= 4 is 18.0 Å². The quantitative estimate of drug-likeness (QED) is 0.826. The molecule has 0 saturated carbocycles. The highest BCUT2D eigenvalue weighted by Crippen LogP contribution is 2.09. The van der Waals surface area contributed by atoms with Crippen LogP contribution in [0.5, 0.6) is 0 Å². The van der Waals surface area contributed by atoms with Gasteiger partial charge >= 0.3 is 5.97 Å². The van der Waals surface area contributed by atoms with E-state index in [1.165, 1.54) is 11.0 Å². The number of carboxylic acids is 1. The standard InChI is InChI=1S/C16H17N3O3/c1-2-18(12-16(21)22)15(20)9-8-13-10-17-19(11-13)14-6-4-3-5-7-14/h3-11H,2,12H2,1H3,(H,21,22). The van der Waals surface area contributed by atoms with Crippen LogP contribution in [0.4, 0.5) is 0 Å². The Kier molecular flexibility index (Phi) is 5.08. The minimum Gasteiger partial charge on any atom is -0.480 e. The fraction of sp³-hybridized carbons (Fsp3) is 0.188. The number of nitrogens with zero attached hydrogens (tertiary/aromatic N) is 3. The number of hydrogen-bond donors (Lipinski definition) is 1. The van der Waals surface area contributed by atoms with Crippen LogP contribution < -0.4 is 0 Å². The van der Waals surface area contributed by atoms with E-state index in [4.69, 9.17) is 5.11 Å². The van der Waals surface area contributed by atoms with Crippen LogP contribution in [0.1, 0.15) is 12.5 Å². The molecule has 6 nitrogen and oxygen atoms in total. The Labute approximate surface area is 128 Å². The number of rotatable bonds is 6. The van der Waals surface area contributed by atoms with Crippen LogP contribution >= 0.6 is 0 Å². The van der Waals surface area contributed by atoms with Gasteiger partial charge in [0.05, 0.1) is 11.9 Å². The van der Waals surface area contributed by atoms with Gasteiger partial charge in [0.2, 0.25) is 5.91 Å². The van der Waals surface area contributed by atoms with Crippen molar-refractivity contribution < 1.29 is 14.7 Å². The van der Waals surface area contributed by atoms with Gasteiger partial charge in [0, 0.05) is 24.4 Å². The molecule has 0 atom stereocenters. The second kappa shape index (κ2) is 7.21. The molecule has 1 aromatic heterocycles. The van der Waals surface area contributed by atoms with Gasteiger partial charge in [-0.2, -0.15) is 5.10 Å². The Morgan fingerprint density at radius 3 is 2.68 bits per heavy atom. The van der Waals surface area contributed by atoms with Gasteiger partial charge < -0.3 is 10.0 Å². The summed E-state index contributed by atoms with van der Waals surface area (Å²) in [5, 5.41) is 13.0. The lowest BCUT2D eigenvalue weighted by molar-refractivity contribution is -0.142. The van der Waals surface area contributed by atoms with Crippen LogP contribution in [-0.4, -0.2) is 44.8 Å². The van der Waals surface area contributed by atoms with Gasteiger partial charge in [0.25, 0.3) is 0 Å².